The number of carbonyl (C=O) groups is 2. The summed E-state index contributed by atoms with van der Waals surface area (Å²) in [5, 5.41) is 23.5. The quantitative estimate of drug-likeness (QED) is 0.561. The molecule has 1 aromatic carbocycles. The zero-order chi connectivity index (χ0) is 13.5. The third kappa shape index (κ3) is 4.06. The first kappa shape index (κ1) is 14.0. The molecule has 0 unspecified atom stereocenters. The highest BCUT2D eigenvalue weighted by atomic mass is 16.4. The normalized spacial score (nSPS) is 11.8. The van der Waals surface area contributed by atoms with Crippen molar-refractivity contribution in [3.8, 4) is 5.75 Å². The van der Waals surface area contributed by atoms with Gasteiger partial charge in [-0.05, 0) is 18.7 Å². The average Bonchev–Trinajstić information content (AvgIpc) is 2.31. The summed E-state index contributed by atoms with van der Waals surface area (Å²) in [6.07, 6.45) is -0.197. The van der Waals surface area contributed by atoms with Crippen molar-refractivity contribution in [2.45, 2.75) is 19.4 Å². The molecule has 1 aromatic rings. The molecular weight excluding hydrogens is 236 g/mol. The molecule has 0 bridgehead atoms. The van der Waals surface area contributed by atoms with E-state index in [9.17, 15) is 14.7 Å². The van der Waals surface area contributed by atoms with Crippen molar-refractivity contribution in [1.82, 2.24) is 5.32 Å². The average molecular weight is 252 g/mol. The van der Waals surface area contributed by atoms with E-state index in [1.54, 1.807) is 19.1 Å². The summed E-state index contributed by atoms with van der Waals surface area (Å²) < 4.78 is 0. The van der Waals surface area contributed by atoms with Crippen LogP contribution in [0.25, 0.3) is 0 Å². The molecule has 4 N–H and O–H groups in total. The van der Waals surface area contributed by atoms with Crippen molar-refractivity contribution >= 4 is 17.6 Å². The maximum atomic E-state index is 11.6. The number of phenols is 1. The van der Waals surface area contributed by atoms with Crippen molar-refractivity contribution in [1.29, 1.82) is 0 Å². The minimum Gasteiger partial charge on any atom is -0.506 e. The number of aromatic hydroxyl groups is 1. The number of carboxylic acids is 1. The van der Waals surface area contributed by atoms with Crippen LogP contribution in [0.15, 0.2) is 24.3 Å². The van der Waals surface area contributed by atoms with E-state index in [1.807, 2.05) is 0 Å². The molecule has 0 aliphatic carbocycles. The molecule has 0 saturated heterocycles. The summed E-state index contributed by atoms with van der Waals surface area (Å²) in [6, 6.07) is 5.34. The number of carbonyl (C=O) groups excluding carboxylic acids is 1. The van der Waals surface area contributed by atoms with E-state index >= 15 is 0 Å². The van der Waals surface area contributed by atoms with Crippen LogP contribution in [0.2, 0.25) is 0 Å². The third-order valence-electron chi connectivity index (χ3n) is 2.32. The number of anilines is 1. The van der Waals surface area contributed by atoms with Gasteiger partial charge in [-0.3, -0.25) is 9.59 Å². The first-order valence-corrected chi connectivity index (χ1v) is 5.58. The number of rotatable bonds is 6. The maximum Gasteiger partial charge on any atom is 0.321 e. The Hall–Kier alpha value is -2.08. The Morgan fingerprint density at radius 1 is 1.33 bits per heavy atom. The zero-order valence-corrected chi connectivity index (χ0v) is 10.0. The van der Waals surface area contributed by atoms with Crippen LogP contribution in [0.3, 0.4) is 0 Å². The molecule has 0 heterocycles. The smallest absolute Gasteiger partial charge is 0.321 e. The Morgan fingerprint density at radius 2 is 2.00 bits per heavy atom. The van der Waals surface area contributed by atoms with Gasteiger partial charge in [0.25, 0.3) is 0 Å². The molecule has 1 rings (SSSR count). The number of benzene rings is 1. The van der Waals surface area contributed by atoms with Gasteiger partial charge in [0.1, 0.15) is 11.8 Å². The van der Waals surface area contributed by atoms with E-state index < -0.39 is 17.9 Å². The monoisotopic (exact) mass is 252 g/mol. The van der Waals surface area contributed by atoms with Gasteiger partial charge in [-0.15, -0.1) is 0 Å². The SMILES string of the molecule is CCN[C@H](CC(=O)Nc1ccccc1O)C(=O)O. The van der Waals surface area contributed by atoms with Crippen molar-refractivity contribution in [3.05, 3.63) is 24.3 Å². The van der Waals surface area contributed by atoms with Crippen LogP contribution < -0.4 is 10.6 Å². The maximum absolute atomic E-state index is 11.6. The second-order valence-electron chi connectivity index (χ2n) is 3.72. The van der Waals surface area contributed by atoms with Crippen molar-refractivity contribution in [2.24, 2.45) is 0 Å². The van der Waals surface area contributed by atoms with E-state index in [1.165, 1.54) is 12.1 Å². The van der Waals surface area contributed by atoms with Gasteiger partial charge < -0.3 is 20.8 Å². The van der Waals surface area contributed by atoms with E-state index in [4.69, 9.17) is 5.11 Å². The van der Waals surface area contributed by atoms with Gasteiger partial charge in [0, 0.05) is 0 Å². The molecule has 0 radical (unpaired) electrons. The fourth-order valence-electron chi connectivity index (χ4n) is 1.46. The molecule has 0 fully saturated rings. The van der Waals surface area contributed by atoms with Gasteiger partial charge in [-0.25, -0.2) is 0 Å². The van der Waals surface area contributed by atoms with Crippen LogP contribution in [0.1, 0.15) is 13.3 Å². The first-order chi connectivity index (χ1) is 8.54. The minimum atomic E-state index is -1.08. The molecule has 98 valence electrons. The second kappa shape index (κ2) is 6.61. The topological polar surface area (TPSA) is 98.7 Å². The van der Waals surface area contributed by atoms with E-state index in [2.05, 4.69) is 10.6 Å². The lowest BCUT2D eigenvalue weighted by molar-refractivity contribution is -0.141. The zero-order valence-electron chi connectivity index (χ0n) is 10.0. The fourth-order valence-corrected chi connectivity index (χ4v) is 1.46. The molecule has 0 aliphatic heterocycles. The van der Waals surface area contributed by atoms with E-state index in [0.717, 1.165) is 0 Å². The van der Waals surface area contributed by atoms with Crippen LogP contribution in [0.5, 0.6) is 5.75 Å². The van der Waals surface area contributed by atoms with Crippen molar-refractivity contribution in [3.63, 3.8) is 0 Å². The van der Waals surface area contributed by atoms with E-state index in [-0.39, 0.29) is 17.9 Å². The Kier molecular flexibility index (Phi) is 5.13. The number of carboxylic acid groups (broad SMARTS) is 1. The molecule has 0 saturated carbocycles. The van der Waals surface area contributed by atoms with Gasteiger partial charge >= 0.3 is 5.97 Å². The standard InChI is InChI=1S/C12H16N2O4/c1-2-13-9(12(17)18)7-11(16)14-8-5-3-4-6-10(8)15/h3-6,9,13,15H,2,7H2,1H3,(H,14,16)(H,17,18)/t9-/m1/s1. The lowest BCUT2D eigenvalue weighted by Crippen LogP contribution is -2.39. The lowest BCUT2D eigenvalue weighted by Gasteiger charge is -2.13. The number of hydrogen-bond donors (Lipinski definition) is 4. The molecule has 1 atom stereocenters. The fraction of sp³-hybridized carbons (Fsp3) is 0.333. The summed E-state index contributed by atoms with van der Waals surface area (Å²) >= 11 is 0. The van der Waals surface area contributed by atoms with Crippen LogP contribution in [0.4, 0.5) is 5.69 Å². The molecule has 0 spiro atoms. The summed E-state index contributed by atoms with van der Waals surface area (Å²) in [4.78, 5) is 22.5. The van der Waals surface area contributed by atoms with E-state index in [0.29, 0.717) is 6.54 Å². The highest BCUT2D eigenvalue weighted by Crippen LogP contribution is 2.21. The molecular formula is C12H16N2O4. The first-order valence-electron chi connectivity index (χ1n) is 5.58. The van der Waals surface area contributed by atoms with Gasteiger partial charge in [0.05, 0.1) is 12.1 Å². The summed E-state index contributed by atoms with van der Waals surface area (Å²) in [5.41, 5.74) is 0.267. The van der Waals surface area contributed by atoms with Crippen LogP contribution in [-0.4, -0.2) is 34.7 Å². The van der Waals surface area contributed by atoms with Crippen molar-refractivity contribution < 1.29 is 19.8 Å². The number of hydrogen-bond acceptors (Lipinski definition) is 4. The Labute approximate surface area is 105 Å². The Balaban J connectivity index is 2.61. The predicted octanol–water partition coefficient (Wildman–Crippen LogP) is 0.783. The molecule has 0 aromatic heterocycles. The number of aliphatic carboxylic acids is 1. The number of likely N-dealkylation sites (N-methyl/N-ethyl adjacent to an activating group) is 1. The number of phenolic OH excluding ortho intramolecular Hbond substituents is 1. The van der Waals surface area contributed by atoms with Gasteiger partial charge in [-0.1, -0.05) is 19.1 Å². The number of para-hydroxylation sites is 2. The Bertz CT molecular complexity index is 434. The van der Waals surface area contributed by atoms with Gasteiger partial charge in [-0.2, -0.15) is 0 Å². The van der Waals surface area contributed by atoms with Gasteiger partial charge in [0.15, 0.2) is 0 Å². The predicted molar refractivity (Wildman–Crippen MR) is 66.5 cm³/mol. The molecule has 1 amide bonds. The number of amides is 1. The molecule has 0 aliphatic rings. The summed E-state index contributed by atoms with van der Waals surface area (Å²) in [6.45, 7) is 2.22. The highest BCUT2D eigenvalue weighted by Gasteiger charge is 2.20. The van der Waals surface area contributed by atoms with Crippen LogP contribution in [0, 0.1) is 0 Å². The largest absolute Gasteiger partial charge is 0.506 e. The molecule has 6 nitrogen and oxygen atoms in total. The third-order valence-corrected chi connectivity index (χ3v) is 2.32. The van der Waals surface area contributed by atoms with Gasteiger partial charge in [0.2, 0.25) is 5.91 Å². The van der Waals surface area contributed by atoms with Crippen LogP contribution >= 0.6 is 0 Å². The summed E-state index contributed by atoms with van der Waals surface area (Å²) in [5.74, 6) is -1.60. The molecule has 18 heavy (non-hydrogen) atoms. The number of nitrogens with one attached hydrogen (secondary N) is 2. The highest BCUT2D eigenvalue weighted by molar-refractivity contribution is 5.95. The minimum absolute atomic E-state index is 0.0545. The molecule has 6 heteroatoms. The van der Waals surface area contributed by atoms with Crippen molar-refractivity contribution in [2.75, 3.05) is 11.9 Å². The Morgan fingerprint density at radius 3 is 2.56 bits per heavy atom. The lowest BCUT2D eigenvalue weighted by atomic mass is 10.2. The van der Waals surface area contributed by atoms with Crippen LogP contribution in [-0.2, 0) is 9.59 Å². The second-order valence-corrected chi connectivity index (χ2v) is 3.72. The summed E-state index contributed by atoms with van der Waals surface area (Å²) in [7, 11) is 0.